The summed E-state index contributed by atoms with van der Waals surface area (Å²) >= 11 is 1.01. The minimum Gasteiger partial charge on any atom is -0.367 e. The lowest BCUT2D eigenvalue weighted by Gasteiger charge is -2.20. The van der Waals surface area contributed by atoms with Crippen LogP contribution in [0.3, 0.4) is 0 Å². The number of nitrogens with zero attached hydrogens (tertiary/aromatic N) is 5. The average molecular weight is 649 g/mol. The molecule has 9 nitrogen and oxygen atoms in total. The zero-order valence-corrected chi connectivity index (χ0v) is 24.0. The first-order valence-electron chi connectivity index (χ1n) is 13.1. The van der Waals surface area contributed by atoms with Crippen LogP contribution in [0.4, 0.5) is 42.5 Å². The number of carbonyl (C=O) groups is 2. The maximum Gasteiger partial charge on any atom is 0.416 e. The minimum atomic E-state index is -4.51. The van der Waals surface area contributed by atoms with Crippen LogP contribution in [0.25, 0.3) is 17.1 Å². The molecule has 1 aliphatic rings. The first kappa shape index (κ1) is 31.7. The number of anilines is 2. The lowest BCUT2D eigenvalue weighted by atomic mass is 10.1. The van der Waals surface area contributed by atoms with Crippen LogP contribution in [0.5, 0.6) is 0 Å². The van der Waals surface area contributed by atoms with Crippen LogP contribution in [0, 0.1) is 6.92 Å². The molecule has 0 atom stereocenters. The summed E-state index contributed by atoms with van der Waals surface area (Å²) in [5, 5.41) is 6.95. The van der Waals surface area contributed by atoms with Crippen molar-refractivity contribution < 1.29 is 40.7 Å². The summed E-state index contributed by atoms with van der Waals surface area (Å²) in [4.78, 5) is 34.9. The number of amides is 3. The molecule has 0 radical (unpaired) electrons. The summed E-state index contributed by atoms with van der Waals surface area (Å²) in [7, 11) is 0. The van der Waals surface area contributed by atoms with E-state index in [-0.39, 0.29) is 22.4 Å². The summed E-state index contributed by atoms with van der Waals surface area (Å²) in [5.74, 6) is -0.136. The van der Waals surface area contributed by atoms with E-state index in [9.17, 15) is 35.9 Å². The Morgan fingerprint density at radius 2 is 1.73 bits per heavy atom. The zero-order chi connectivity index (χ0) is 32.4. The summed E-state index contributed by atoms with van der Waals surface area (Å²) in [6.45, 7) is -0.117. The Morgan fingerprint density at radius 3 is 2.40 bits per heavy atom. The SMILES string of the molecule is Cc1ccc(COCC(F)(F)F)c(N2C(=O)CSC2=NC(=O)Nc2ccc(-c3ncn(-c4ccc(C(F)(F)F)cc4)n3)cc2)c1. The quantitative estimate of drug-likeness (QED) is 0.217. The van der Waals surface area contributed by atoms with E-state index >= 15 is 0 Å². The lowest BCUT2D eigenvalue weighted by Crippen LogP contribution is -2.31. The standard InChI is InChI=1S/C29H22F6N6O3S/c1-17-2-3-19(13-44-15-28(30,31)32)23(12-17)41-24(42)14-45-27(41)38-26(43)37-21-8-4-18(5-9-21)25-36-16-40(39-25)22-10-6-20(7-11-22)29(33,34)35/h2-12,16H,13-15H2,1H3,(H,37,43). The molecule has 16 heteroatoms. The predicted octanol–water partition coefficient (Wildman–Crippen LogP) is 7.01. The Morgan fingerprint density at radius 1 is 1.02 bits per heavy atom. The minimum absolute atomic E-state index is 0.0241. The molecule has 0 saturated carbocycles. The van der Waals surface area contributed by atoms with Crippen LogP contribution in [-0.4, -0.2) is 50.4 Å². The topological polar surface area (TPSA) is 102 Å². The third-order valence-corrected chi connectivity index (χ3v) is 7.24. The van der Waals surface area contributed by atoms with Crippen molar-refractivity contribution in [3.8, 4) is 17.1 Å². The Kier molecular flexibility index (Phi) is 8.97. The number of halogens is 6. The molecule has 3 amide bonds. The van der Waals surface area contributed by atoms with Gasteiger partial charge in [0.25, 0.3) is 0 Å². The number of rotatable bonds is 7. The number of aliphatic imine (C=N–C) groups is 1. The molecule has 4 aromatic rings. The molecule has 1 saturated heterocycles. The van der Waals surface area contributed by atoms with Gasteiger partial charge in [-0.05, 0) is 67.1 Å². The molecule has 1 aromatic heterocycles. The molecule has 3 aromatic carbocycles. The molecule has 0 bridgehead atoms. The average Bonchev–Trinajstić information content (AvgIpc) is 3.60. The molecular formula is C29H22F6N6O3S. The van der Waals surface area contributed by atoms with Gasteiger partial charge in [0, 0.05) is 16.8 Å². The fourth-order valence-corrected chi connectivity index (χ4v) is 5.08. The Labute approximate surface area is 255 Å². The van der Waals surface area contributed by atoms with E-state index in [1.54, 1.807) is 49.4 Å². The molecule has 1 N–H and O–H groups in total. The van der Waals surface area contributed by atoms with E-state index in [1.165, 1.54) is 28.0 Å². The van der Waals surface area contributed by atoms with Crippen molar-refractivity contribution in [2.75, 3.05) is 22.6 Å². The van der Waals surface area contributed by atoms with Crippen LogP contribution in [0.15, 0.2) is 78.0 Å². The van der Waals surface area contributed by atoms with E-state index in [0.29, 0.717) is 22.5 Å². The van der Waals surface area contributed by atoms with Crippen molar-refractivity contribution >= 4 is 40.2 Å². The normalized spacial score (nSPS) is 14.8. The van der Waals surface area contributed by atoms with E-state index in [2.05, 4.69) is 20.4 Å². The molecule has 234 valence electrons. The Balaban J connectivity index is 1.27. The van der Waals surface area contributed by atoms with Gasteiger partial charge in [-0.15, -0.1) is 5.10 Å². The Hall–Kier alpha value is -4.70. The van der Waals surface area contributed by atoms with Crippen molar-refractivity contribution in [3.63, 3.8) is 0 Å². The van der Waals surface area contributed by atoms with Crippen molar-refractivity contribution in [3.05, 3.63) is 89.7 Å². The second kappa shape index (κ2) is 12.7. The highest BCUT2D eigenvalue weighted by atomic mass is 32.2. The molecule has 2 heterocycles. The van der Waals surface area contributed by atoms with Crippen LogP contribution < -0.4 is 10.2 Å². The van der Waals surface area contributed by atoms with Crippen LogP contribution in [-0.2, 0) is 22.3 Å². The number of ether oxygens (including phenoxy) is 1. The molecule has 1 aliphatic heterocycles. The van der Waals surface area contributed by atoms with Gasteiger partial charge in [0.1, 0.15) is 12.9 Å². The van der Waals surface area contributed by atoms with Crippen molar-refractivity contribution in [2.45, 2.75) is 25.9 Å². The number of urea groups is 1. The molecule has 0 unspecified atom stereocenters. The van der Waals surface area contributed by atoms with Gasteiger partial charge in [-0.3, -0.25) is 9.69 Å². The second-order valence-corrected chi connectivity index (χ2v) is 10.7. The molecular weight excluding hydrogens is 626 g/mol. The van der Waals surface area contributed by atoms with Gasteiger partial charge in [0.15, 0.2) is 11.0 Å². The number of hydrogen-bond acceptors (Lipinski definition) is 6. The van der Waals surface area contributed by atoms with Crippen LogP contribution >= 0.6 is 11.8 Å². The zero-order valence-electron chi connectivity index (χ0n) is 23.2. The number of amidine groups is 1. The molecule has 1 fully saturated rings. The largest absolute Gasteiger partial charge is 0.416 e. The fraction of sp³-hybridized carbons (Fsp3) is 0.207. The van der Waals surface area contributed by atoms with Gasteiger partial charge in [-0.2, -0.15) is 31.3 Å². The van der Waals surface area contributed by atoms with E-state index in [0.717, 1.165) is 29.5 Å². The van der Waals surface area contributed by atoms with E-state index in [4.69, 9.17) is 4.74 Å². The third kappa shape index (κ3) is 7.88. The maximum absolute atomic E-state index is 12.8. The number of benzene rings is 3. The van der Waals surface area contributed by atoms with Gasteiger partial charge in [0.05, 0.1) is 29.3 Å². The predicted molar refractivity (Wildman–Crippen MR) is 155 cm³/mol. The fourth-order valence-electron chi connectivity index (χ4n) is 4.23. The number of thioether (sulfide) groups is 1. The molecule has 0 aliphatic carbocycles. The van der Waals surface area contributed by atoms with Crippen LogP contribution in [0.1, 0.15) is 16.7 Å². The number of alkyl halides is 6. The second-order valence-electron chi connectivity index (χ2n) is 9.72. The number of carbonyl (C=O) groups excluding carboxylic acids is 2. The van der Waals surface area contributed by atoms with Gasteiger partial charge >= 0.3 is 18.4 Å². The number of hydrogen-bond donors (Lipinski definition) is 1. The van der Waals surface area contributed by atoms with E-state index < -0.39 is 43.1 Å². The Bertz CT molecular complexity index is 1740. The summed E-state index contributed by atoms with van der Waals surface area (Å²) in [6.07, 6.45) is -7.61. The van der Waals surface area contributed by atoms with Gasteiger partial charge < -0.3 is 10.1 Å². The summed E-state index contributed by atoms with van der Waals surface area (Å²) < 4.78 is 82.4. The van der Waals surface area contributed by atoms with Gasteiger partial charge in [-0.25, -0.2) is 14.5 Å². The highest BCUT2D eigenvalue weighted by molar-refractivity contribution is 8.15. The monoisotopic (exact) mass is 648 g/mol. The lowest BCUT2D eigenvalue weighted by molar-refractivity contribution is -0.176. The number of nitrogens with one attached hydrogen (secondary N) is 1. The molecule has 45 heavy (non-hydrogen) atoms. The maximum atomic E-state index is 12.8. The first-order valence-corrected chi connectivity index (χ1v) is 14.0. The highest BCUT2D eigenvalue weighted by Crippen LogP contribution is 2.32. The van der Waals surface area contributed by atoms with Gasteiger partial charge in [0.2, 0.25) is 5.91 Å². The van der Waals surface area contributed by atoms with Crippen molar-refractivity contribution in [1.82, 2.24) is 14.8 Å². The van der Waals surface area contributed by atoms with Crippen molar-refractivity contribution in [2.24, 2.45) is 4.99 Å². The third-order valence-electron chi connectivity index (χ3n) is 6.31. The summed E-state index contributed by atoms with van der Waals surface area (Å²) in [5.41, 5.74) is 1.84. The van der Waals surface area contributed by atoms with Crippen LogP contribution in [0.2, 0.25) is 0 Å². The number of aryl methyl sites for hydroxylation is 1. The molecule has 5 rings (SSSR count). The highest BCUT2D eigenvalue weighted by Gasteiger charge is 2.33. The van der Waals surface area contributed by atoms with E-state index in [1.807, 2.05) is 0 Å². The number of aromatic nitrogens is 3. The summed E-state index contributed by atoms with van der Waals surface area (Å²) in [6, 6.07) is 14.9. The molecule has 0 spiro atoms. The first-order chi connectivity index (χ1) is 21.3. The van der Waals surface area contributed by atoms with Gasteiger partial charge in [-0.1, -0.05) is 23.9 Å². The smallest absolute Gasteiger partial charge is 0.367 e. The van der Waals surface area contributed by atoms with Crippen molar-refractivity contribution in [1.29, 1.82) is 0 Å².